The van der Waals surface area contributed by atoms with Gasteiger partial charge >= 0.3 is 15.4 Å². The van der Waals surface area contributed by atoms with E-state index in [1.807, 2.05) is 0 Å². The van der Waals surface area contributed by atoms with Crippen LogP contribution in [0.15, 0.2) is 0 Å². The van der Waals surface area contributed by atoms with Crippen LogP contribution >= 0.6 is 0 Å². The highest BCUT2D eigenvalue weighted by Crippen LogP contribution is 1.91. The summed E-state index contributed by atoms with van der Waals surface area (Å²) in [6.07, 6.45) is 0. The van der Waals surface area contributed by atoms with Crippen molar-refractivity contribution >= 4 is 10.3 Å². The maximum Gasteiger partial charge on any atom is 0.601 e. The van der Waals surface area contributed by atoms with Crippen LogP contribution in [0.5, 0.6) is 0 Å². The topological polar surface area (TPSA) is 130 Å². The summed E-state index contributed by atoms with van der Waals surface area (Å²) in [7, 11) is -5.27. The second kappa shape index (κ2) is 2.43. The van der Waals surface area contributed by atoms with Gasteiger partial charge in [-0.1, -0.05) is 0 Å². The Morgan fingerprint density at radius 3 is 1.70 bits per heavy atom. The third-order valence-electron chi connectivity index (χ3n) is 0.338. The molecule has 0 rings (SSSR count). The average Bonchev–Trinajstić information content (AvgIpc) is 1.60. The van der Waals surface area contributed by atoms with Crippen molar-refractivity contribution in [1.82, 2.24) is 0 Å². The first-order valence-corrected chi connectivity index (χ1v) is 2.96. The van der Waals surface area contributed by atoms with E-state index in [0.717, 1.165) is 0 Å². The summed E-state index contributed by atoms with van der Waals surface area (Å²) in [5, 5.41) is 16.8. The van der Waals surface area contributed by atoms with E-state index in [1.54, 1.807) is 0 Å². The van der Waals surface area contributed by atoms with Crippen LogP contribution in [0.2, 0.25) is 0 Å². The van der Waals surface area contributed by atoms with Gasteiger partial charge in [0.25, 0.3) is 0 Å². The summed E-state index contributed by atoms with van der Waals surface area (Å²) in [4.78, 5) is 18.6. The van der Waals surface area contributed by atoms with E-state index in [0.29, 0.717) is 0 Å². The van der Waals surface area contributed by atoms with Crippen molar-refractivity contribution in [1.29, 1.82) is 0 Å². The van der Waals surface area contributed by atoms with Gasteiger partial charge in [0.2, 0.25) is 0 Å². The summed E-state index contributed by atoms with van der Waals surface area (Å²) in [5.74, 6) is 0. The lowest BCUT2D eigenvalue weighted by atomic mass is 13.1. The molecule has 0 heterocycles. The first-order chi connectivity index (χ1) is 4.36. The van der Waals surface area contributed by atoms with E-state index in [9.17, 15) is 28.6 Å². The number of nitrogens with zero attached hydrogens (tertiary/aromatic N) is 2. The van der Waals surface area contributed by atoms with Crippen LogP contribution in [0.1, 0.15) is 0 Å². The molecule has 0 aromatic carbocycles. The quantitative estimate of drug-likeness (QED) is 0.382. The van der Waals surface area contributed by atoms with Gasteiger partial charge in [-0.3, -0.25) is 0 Å². The lowest BCUT2D eigenvalue weighted by molar-refractivity contribution is -0.719. The zero-order valence-electron chi connectivity index (χ0n) is 4.16. The zero-order chi connectivity index (χ0) is 8.36. The number of hydrogen-bond acceptors (Lipinski definition) is 7. The molecule has 0 N–H and O–H groups in total. The Hall–Kier alpha value is -1.45. The normalized spacial score (nSPS) is 10.4. The molecule has 0 aromatic rings. The second-order valence-corrected chi connectivity index (χ2v) is 2.25. The van der Waals surface area contributed by atoms with Gasteiger partial charge in [0.05, 0.1) is 0 Å². The van der Waals surface area contributed by atoms with Crippen LogP contribution in [0, 0.1) is 20.2 Å². The van der Waals surface area contributed by atoms with E-state index < -0.39 is 19.7 Å². The van der Waals surface area contributed by atoms with E-state index >= 15 is 0 Å². The minimum atomic E-state index is -5.27. The van der Waals surface area contributed by atoms with Crippen LogP contribution in [-0.2, 0) is 14.6 Å². The minimum absolute atomic E-state index is 1.78. The molecular formula is N2O7S. The summed E-state index contributed by atoms with van der Waals surface area (Å²) >= 11 is 0. The van der Waals surface area contributed by atoms with Crippen molar-refractivity contribution in [2.45, 2.75) is 0 Å². The highest BCUT2D eigenvalue weighted by atomic mass is 32.2. The fourth-order valence-corrected chi connectivity index (χ4v) is 0.312. The molecule has 0 aromatic heterocycles. The van der Waals surface area contributed by atoms with Gasteiger partial charge in [-0.25, -0.2) is 10.1 Å². The minimum Gasteiger partial charge on any atom is -0.245 e. The molecule has 9 nitrogen and oxygen atoms in total. The molecule has 0 fully saturated rings. The predicted molar refractivity (Wildman–Crippen MR) is 24.0 cm³/mol. The molecule has 0 aliphatic carbocycles. The van der Waals surface area contributed by atoms with Crippen molar-refractivity contribution < 1.29 is 22.1 Å². The van der Waals surface area contributed by atoms with Crippen LogP contribution in [0.25, 0.3) is 0 Å². The molecular weight excluding hydrogens is 172 g/mol. The van der Waals surface area contributed by atoms with Gasteiger partial charge in [0.1, 0.15) is 0 Å². The smallest absolute Gasteiger partial charge is 0.245 e. The maximum absolute atomic E-state index is 9.78. The molecule has 10 heteroatoms. The van der Waals surface area contributed by atoms with Gasteiger partial charge in [-0.2, -0.15) is 0 Å². The Morgan fingerprint density at radius 1 is 1.20 bits per heavy atom. The van der Waals surface area contributed by atoms with Gasteiger partial charge in [-0.05, 0) is 0 Å². The molecule has 0 saturated heterocycles. The third-order valence-corrected chi connectivity index (χ3v) is 1.01. The van der Waals surface area contributed by atoms with Crippen LogP contribution < -0.4 is 0 Å². The van der Waals surface area contributed by atoms with E-state index in [1.165, 1.54) is 0 Å². The lowest BCUT2D eigenvalue weighted by Gasteiger charge is -1.87. The Balaban J connectivity index is 4.46. The standard InChI is InChI=1S/N2O7S/c3-1(4)9-10(7,8)2(5)6. The second-order valence-electron chi connectivity index (χ2n) is 0.949. The highest BCUT2D eigenvalue weighted by Gasteiger charge is 2.29. The summed E-state index contributed by atoms with van der Waals surface area (Å²) in [6, 6.07) is 0. The van der Waals surface area contributed by atoms with Gasteiger partial charge in [0.15, 0.2) is 4.33 Å². The predicted octanol–water partition coefficient (Wildman–Crippen LogP) is -1.28. The van der Waals surface area contributed by atoms with Crippen LogP contribution in [-0.4, -0.2) is 17.8 Å². The Kier molecular flexibility index (Phi) is 2.08. The Morgan fingerprint density at radius 2 is 1.60 bits per heavy atom. The first kappa shape index (κ1) is 8.55. The highest BCUT2D eigenvalue weighted by molar-refractivity contribution is 7.80. The monoisotopic (exact) mass is 172 g/mol. The fourth-order valence-electron chi connectivity index (χ4n) is 0.104. The summed E-state index contributed by atoms with van der Waals surface area (Å²) in [5.41, 5.74) is 0. The third kappa shape index (κ3) is 2.21. The largest absolute Gasteiger partial charge is 0.601 e. The van der Waals surface area contributed by atoms with Crippen molar-refractivity contribution in [3.63, 3.8) is 0 Å². The van der Waals surface area contributed by atoms with Crippen molar-refractivity contribution in [3.05, 3.63) is 20.2 Å². The molecule has 0 bridgehead atoms. The van der Waals surface area contributed by atoms with Gasteiger partial charge < -0.3 is 0 Å². The molecule has 0 unspecified atom stereocenters. The van der Waals surface area contributed by atoms with Crippen molar-refractivity contribution in [2.75, 3.05) is 0 Å². The first-order valence-electron chi connectivity index (χ1n) is 1.60. The molecule has 0 spiro atoms. The van der Waals surface area contributed by atoms with Gasteiger partial charge in [-0.15, -0.1) is 22.8 Å². The van der Waals surface area contributed by atoms with Gasteiger partial charge in [0, 0.05) is 0 Å². The lowest BCUT2D eigenvalue weighted by Crippen LogP contribution is -2.19. The van der Waals surface area contributed by atoms with Crippen LogP contribution in [0.3, 0.4) is 0 Å². The SMILES string of the molecule is O=[N+]([O-])OS(=O)(=O)[N+](=O)[O-]. The Bertz CT molecular complexity index is 247. The molecule has 10 heavy (non-hydrogen) atoms. The Labute approximate surface area is 53.7 Å². The molecule has 0 saturated carbocycles. The average molecular weight is 172 g/mol. The molecule has 0 atom stereocenters. The van der Waals surface area contributed by atoms with E-state index in [2.05, 4.69) is 4.28 Å². The number of rotatable bonds is 3. The number of nitro groups is 1. The molecule has 0 radical (unpaired) electrons. The molecule has 0 aliphatic heterocycles. The number of hydrogen-bond donors (Lipinski definition) is 0. The molecule has 0 aliphatic rings. The molecule has 58 valence electrons. The van der Waals surface area contributed by atoms with Crippen molar-refractivity contribution in [3.8, 4) is 0 Å². The van der Waals surface area contributed by atoms with E-state index in [-0.39, 0.29) is 0 Å². The molecule has 0 amide bonds. The fraction of sp³-hybridized carbons (Fsp3) is 0. The van der Waals surface area contributed by atoms with Crippen molar-refractivity contribution in [2.24, 2.45) is 0 Å². The van der Waals surface area contributed by atoms with E-state index in [4.69, 9.17) is 0 Å². The zero-order valence-corrected chi connectivity index (χ0v) is 4.98. The van der Waals surface area contributed by atoms with Crippen LogP contribution in [0.4, 0.5) is 0 Å². The summed E-state index contributed by atoms with van der Waals surface area (Å²) in [6.45, 7) is 0. The summed E-state index contributed by atoms with van der Waals surface area (Å²) < 4.78 is 20.3. The maximum atomic E-state index is 9.78.